The van der Waals surface area contributed by atoms with Crippen molar-refractivity contribution in [3.63, 3.8) is 0 Å². The van der Waals surface area contributed by atoms with Gasteiger partial charge in [-0.3, -0.25) is 0 Å². The Hall–Kier alpha value is -1.56. The van der Waals surface area contributed by atoms with E-state index in [1.807, 2.05) is 0 Å². The minimum Gasteiger partial charge on any atom is -0.0613 e. The predicted molar refractivity (Wildman–Crippen MR) is 107 cm³/mol. The lowest BCUT2D eigenvalue weighted by Crippen LogP contribution is -2.06. The third-order valence-electron chi connectivity index (χ3n) is 4.87. The molecule has 2 aromatic carbocycles. The van der Waals surface area contributed by atoms with E-state index in [9.17, 15) is 0 Å². The standard InChI is InChI=1S/C24H33/c1-15(2)19-11-10-14-22(23(19)18(7)8)24-20(16(3)4)12-9-13-21(24)17(5)6/h9-12,14-18H,1-8H3. The molecular formula is C24H33. The van der Waals surface area contributed by atoms with Crippen LogP contribution in [0.25, 0.3) is 11.1 Å². The highest BCUT2D eigenvalue weighted by Crippen LogP contribution is 2.41. The quantitative estimate of drug-likeness (QED) is 0.530. The summed E-state index contributed by atoms with van der Waals surface area (Å²) in [6.07, 6.45) is 0. The van der Waals surface area contributed by atoms with Crippen molar-refractivity contribution in [3.05, 3.63) is 58.7 Å². The van der Waals surface area contributed by atoms with Crippen molar-refractivity contribution >= 4 is 0 Å². The Bertz CT molecular complexity index is 661. The van der Waals surface area contributed by atoms with E-state index in [-0.39, 0.29) is 0 Å². The van der Waals surface area contributed by atoms with E-state index in [1.54, 1.807) is 0 Å². The van der Waals surface area contributed by atoms with E-state index in [0.29, 0.717) is 23.7 Å². The molecule has 24 heavy (non-hydrogen) atoms. The van der Waals surface area contributed by atoms with Gasteiger partial charge in [-0.15, -0.1) is 0 Å². The molecule has 1 radical (unpaired) electrons. The molecule has 0 heterocycles. The second kappa shape index (κ2) is 7.55. The van der Waals surface area contributed by atoms with Crippen LogP contribution in [0.3, 0.4) is 0 Å². The molecule has 0 amide bonds. The van der Waals surface area contributed by atoms with Gasteiger partial charge in [-0.05, 0) is 63.1 Å². The molecule has 0 bridgehead atoms. The summed E-state index contributed by atoms with van der Waals surface area (Å²) >= 11 is 0. The van der Waals surface area contributed by atoms with Gasteiger partial charge in [0.25, 0.3) is 0 Å². The minimum absolute atomic E-state index is 0.474. The van der Waals surface area contributed by atoms with Gasteiger partial charge in [0.2, 0.25) is 0 Å². The number of hydrogen-bond donors (Lipinski definition) is 0. The minimum atomic E-state index is 0.474. The fourth-order valence-electron chi connectivity index (χ4n) is 3.72. The van der Waals surface area contributed by atoms with Crippen LogP contribution in [0.15, 0.2) is 30.3 Å². The number of hydrogen-bond acceptors (Lipinski definition) is 0. The van der Waals surface area contributed by atoms with E-state index in [1.165, 1.54) is 33.4 Å². The summed E-state index contributed by atoms with van der Waals surface area (Å²) in [6, 6.07) is 14.8. The molecular weight excluding hydrogens is 288 g/mol. The van der Waals surface area contributed by atoms with Crippen molar-refractivity contribution < 1.29 is 0 Å². The van der Waals surface area contributed by atoms with Crippen LogP contribution < -0.4 is 0 Å². The average Bonchev–Trinajstić information content (AvgIpc) is 2.52. The van der Waals surface area contributed by atoms with Gasteiger partial charge in [-0.1, -0.05) is 85.7 Å². The first kappa shape index (κ1) is 18.8. The molecule has 0 nitrogen and oxygen atoms in total. The molecule has 2 aromatic rings. The Kier molecular flexibility index (Phi) is 5.91. The van der Waals surface area contributed by atoms with Crippen molar-refractivity contribution in [3.8, 4) is 11.1 Å². The summed E-state index contributed by atoms with van der Waals surface area (Å²) in [7, 11) is 0. The maximum absolute atomic E-state index is 3.55. The summed E-state index contributed by atoms with van der Waals surface area (Å²) in [6.45, 7) is 18.4. The Morgan fingerprint density at radius 2 is 1.29 bits per heavy atom. The normalized spacial score (nSPS) is 12.0. The van der Waals surface area contributed by atoms with Crippen molar-refractivity contribution in [1.29, 1.82) is 0 Å². The van der Waals surface area contributed by atoms with Gasteiger partial charge in [0.15, 0.2) is 0 Å². The largest absolute Gasteiger partial charge is 0.0613 e. The van der Waals surface area contributed by atoms with Gasteiger partial charge in [0.1, 0.15) is 0 Å². The van der Waals surface area contributed by atoms with Crippen LogP contribution in [0.5, 0.6) is 0 Å². The fraction of sp³-hybridized carbons (Fsp3) is 0.500. The molecule has 0 spiro atoms. The van der Waals surface area contributed by atoms with E-state index in [2.05, 4.69) is 91.8 Å². The highest BCUT2D eigenvalue weighted by Gasteiger charge is 2.21. The molecule has 0 atom stereocenters. The van der Waals surface area contributed by atoms with Crippen LogP contribution in [0.1, 0.15) is 101 Å². The third kappa shape index (κ3) is 3.58. The molecule has 0 aliphatic carbocycles. The van der Waals surface area contributed by atoms with E-state index in [4.69, 9.17) is 0 Å². The van der Waals surface area contributed by atoms with Gasteiger partial charge >= 0.3 is 0 Å². The number of rotatable bonds is 5. The highest BCUT2D eigenvalue weighted by molar-refractivity contribution is 5.76. The zero-order chi connectivity index (χ0) is 18.0. The SMILES string of the molecule is CC(C)c1[c]ccc(C(C)C)c1-c1cccc(C(C)C)c1C(C)C. The summed E-state index contributed by atoms with van der Waals surface area (Å²) in [5, 5.41) is 0. The lowest BCUT2D eigenvalue weighted by molar-refractivity contribution is 0.788. The molecule has 0 saturated carbocycles. The molecule has 0 aromatic heterocycles. The van der Waals surface area contributed by atoms with Gasteiger partial charge in [-0.25, -0.2) is 0 Å². The summed E-state index contributed by atoms with van der Waals surface area (Å²) < 4.78 is 0. The molecule has 2 rings (SSSR count). The Balaban J connectivity index is 2.88. The molecule has 0 aliphatic heterocycles. The average molecular weight is 322 g/mol. The third-order valence-corrected chi connectivity index (χ3v) is 4.87. The van der Waals surface area contributed by atoms with E-state index >= 15 is 0 Å². The van der Waals surface area contributed by atoms with Crippen LogP contribution in [0, 0.1) is 6.07 Å². The van der Waals surface area contributed by atoms with Crippen molar-refractivity contribution in [1.82, 2.24) is 0 Å². The molecule has 129 valence electrons. The fourth-order valence-corrected chi connectivity index (χ4v) is 3.72. The van der Waals surface area contributed by atoms with Gasteiger partial charge in [0.05, 0.1) is 0 Å². The molecule has 0 saturated heterocycles. The van der Waals surface area contributed by atoms with Crippen LogP contribution in [-0.4, -0.2) is 0 Å². The summed E-state index contributed by atoms with van der Waals surface area (Å²) in [4.78, 5) is 0. The van der Waals surface area contributed by atoms with E-state index in [0.717, 1.165) is 0 Å². The lowest BCUT2D eigenvalue weighted by atomic mass is 9.79. The maximum Gasteiger partial charge on any atom is -0.0105 e. The van der Waals surface area contributed by atoms with Crippen molar-refractivity contribution in [2.75, 3.05) is 0 Å². The van der Waals surface area contributed by atoms with Gasteiger partial charge in [0, 0.05) is 0 Å². The van der Waals surface area contributed by atoms with Crippen LogP contribution in [0.4, 0.5) is 0 Å². The van der Waals surface area contributed by atoms with Crippen LogP contribution >= 0.6 is 0 Å². The first-order valence-electron chi connectivity index (χ1n) is 9.43. The monoisotopic (exact) mass is 321 g/mol. The maximum atomic E-state index is 3.55. The summed E-state index contributed by atoms with van der Waals surface area (Å²) in [5.41, 5.74) is 8.63. The predicted octanol–water partition coefficient (Wildman–Crippen LogP) is 7.65. The number of benzene rings is 2. The molecule has 0 aliphatic rings. The Morgan fingerprint density at radius 3 is 1.79 bits per heavy atom. The Morgan fingerprint density at radius 1 is 0.667 bits per heavy atom. The highest BCUT2D eigenvalue weighted by atomic mass is 14.3. The van der Waals surface area contributed by atoms with Crippen LogP contribution in [0.2, 0.25) is 0 Å². The topological polar surface area (TPSA) is 0 Å². The first-order valence-corrected chi connectivity index (χ1v) is 9.43. The first-order chi connectivity index (χ1) is 11.3. The zero-order valence-electron chi connectivity index (χ0n) is 16.7. The van der Waals surface area contributed by atoms with Crippen molar-refractivity contribution in [2.24, 2.45) is 0 Å². The smallest absolute Gasteiger partial charge is 0.0105 e. The molecule has 0 N–H and O–H groups in total. The second-order valence-corrected chi connectivity index (χ2v) is 8.15. The molecule has 0 heteroatoms. The van der Waals surface area contributed by atoms with Gasteiger partial charge in [-0.2, -0.15) is 0 Å². The van der Waals surface area contributed by atoms with Crippen LogP contribution in [-0.2, 0) is 0 Å². The molecule has 0 fully saturated rings. The molecule has 0 unspecified atom stereocenters. The van der Waals surface area contributed by atoms with E-state index < -0.39 is 0 Å². The second-order valence-electron chi connectivity index (χ2n) is 8.15. The van der Waals surface area contributed by atoms with Crippen molar-refractivity contribution in [2.45, 2.75) is 79.1 Å². The summed E-state index contributed by atoms with van der Waals surface area (Å²) in [5.74, 6) is 2.04. The van der Waals surface area contributed by atoms with Gasteiger partial charge < -0.3 is 0 Å². The zero-order valence-corrected chi connectivity index (χ0v) is 16.7. The lowest BCUT2D eigenvalue weighted by Gasteiger charge is -2.25. The Labute approximate surface area is 149 Å².